The Hall–Kier alpha value is -0.314. The third-order valence-electron chi connectivity index (χ3n) is 2.32. The number of benzene rings is 1. The van der Waals surface area contributed by atoms with Crippen molar-refractivity contribution in [1.29, 1.82) is 0 Å². The Balaban J connectivity index is 2.53. The van der Waals surface area contributed by atoms with Gasteiger partial charge in [0.15, 0.2) is 0 Å². The molecule has 0 aliphatic rings. The molecule has 0 fully saturated rings. The normalized spacial score (nSPS) is 14.7. The van der Waals surface area contributed by atoms with Gasteiger partial charge in [0.1, 0.15) is 0 Å². The molecule has 0 spiro atoms. The minimum atomic E-state index is -0.227. The van der Waals surface area contributed by atoms with Crippen LogP contribution in [0.15, 0.2) is 30.3 Å². The van der Waals surface area contributed by atoms with Crippen molar-refractivity contribution in [2.75, 3.05) is 0 Å². The molecule has 0 heterocycles. The summed E-state index contributed by atoms with van der Waals surface area (Å²) >= 11 is 6.78. The molecule has 0 radical (unpaired) electrons. The summed E-state index contributed by atoms with van der Waals surface area (Å²) in [6.07, 6.45) is 1.09. The first-order valence-corrected chi connectivity index (χ1v) is 7.13. The minimum absolute atomic E-state index is 0.0422. The first kappa shape index (κ1) is 13.8. The molecule has 1 aromatic carbocycles. The summed E-state index contributed by atoms with van der Waals surface area (Å²) in [4.78, 5) is 11.5. The molecule has 0 aliphatic carbocycles. The van der Waals surface area contributed by atoms with E-state index in [4.69, 9.17) is 11.6 Å². The zero-order valence-corrected chi connectivity index (χ0v) is 11.4. The van der Waals surface area contributed by atoms with Gasteiger partial charge in [0.25, 0.3) is 0 Å². The Kier molecular flexibility index (Phi) is 6.10. The van der Waals surface area contributed by atoms with E-state index in [1.165, 1.54) is 20.3 Å². The third-order valence-corrected chi connectivity index (χ3v) is 4.86. The zero-order chi connectivity index (χ0) is 12.0. The van der Waals surface area contributed by atoms with Crippen LogP contribution in [0.3, 0.4) is 0 Å². The van der Waals surface area contributed by atoms with Gasteiger partial charge in [0, 0.05) is 0 Å². The maximum absolute atomic E-state index is 10.9. The molecule has 2 unspecified atom stereocenters. The fourth-order valence-corrected chi connectivity index (χ4v) is 3.12. The van der Waals surface area contributed by atoms with Crippen molar-refractivity contribution in [2.45, 2.75) is 30.5 Å². The van der Waals surface area contributed by atoms with Gasteiger partial charge in [-0.15, -0.1) is 0 Å². The van der Waals surface area contributed by atoms with Gasteiger partial charge in [-0.25, -0.2) is 0 Å². The van der Waals surface area contributed by atoms with Crippen molar-refractivity contribution in [3.63, 3.8) is 0 Å². The monoisotopic (exact) mass is 283 g/mol. The molecule has 0 saturated heterocycles. The summed E-state index contributed by atoms with van der Waals surface area (Å²) in [5, 5.41) is 0.612. The zero-order valence-electron chi connectivity index (χ0n) is 9.58. The van der Waals surface area contributed by atoms with E-state index in [0.717, 1.165) is 11.8 Å². The van der Waals surface area contributed by atoms with Crippen molar-refractivity contribution in [3.8, 4) is 0 Å². The summed E-state index contributed by atoms with van der Waals surface area (Å²) in [5.41, 5.74) is 1.35. The molecule has 2 atom stereocenters. The number of hydrogen-bond donors (Lipinski definition) is 0. The molecular weight excluding hydrogens is 267 g/mol. The second-order valence-corrected chi connectivity index (χ2v) is 5.68. The third kappa shape index (κ3) is 4.28. The van der Waals surface area contributed by atoms with Gasteiger partial charge >= 0.3 is 109 Å². The summed E-state index contributed by atoms with van der Waals surface area (Å²) in [6, 6.07) is 10.4. The van der Waals surface area contributed by atoms with Gasteiger partial charge < -0.3 is 0 Å². The Labute approximate surface area is 109 Å². The fourth-order valence-electron chi connectivity index (χ4n) is 1.33. The molecule has 3 heteroatoms. The van der Waals surface area contributed by atoms with Gasteiger partial charge in [0.05, 0.1) is 0 Å². The van der Waals surface area contributed by atoms with Crippen LogP contribution < -0.4 is 0 Å². The number of halogens is 1. The second kappa shape index (κ2) is 7.10. The molecule has 0 amide bonds. The van der Waals surface area contributed by atoms with E-state index < -0.39 is 0 Å². The van der Waals surface area contributed by atoms with Crippen LogP contribution in [-0.4, -0.2) is 5.24 Å². The number of carbonyl (C=O) groups is 1. The van der Waals surface area contributed by atoms with Crippen molar-refractivity contribution >= 4 is 16.8 Å². The summed E-state index contributed by atoms with van der Waals surface area (Å²) in [5.74, 6) is -0.0422. The van der Waals surface area contributed by atoms with Crippen molar-refractivity contribution < 1.29 is 19.5 Å². The summed E-state index contributed by atoms with van der Waals surface area (Å²) in [7, 11) is 0. The van der Waals surface area contributed by atoms with E-state index in [1.807, 2.05) is 13.0 Å². The Morgan fingerprint density at radius 2 is 2.00 bits per heavy atom. The van der Waals surface area contributed by atoms with E-state index in [0.29, 0.717) is 4.85 Å². The van der Waals surface area contributed by atoms with Gasteiger partial charge in [0.2, 0.25) is 0 Å². The molecule has 0 aliphatic heterocycles. The van der Waals surface area contributed by atoms with Crippen molar-refractivity contribution in [2.24, 2.45) is 5.92 Å². The van der Waals surface area contributed by atoms with Crippen molar-refractivity contribution in [3.05, 3.63) is 35.9 Å². The first-order chi connectivity index (χ1) is 7.65. The maximum atomic E-state index is 10.9. The second-order valence-electron chi connectivity index (χ2n) is 3.73. The molecule has 16 heavy (non-hydrogen) atoms. The molecule has 0 aromatic heterocycles. The van der Waals surface area contributed by atoms with Gasteiger partial charge in [-0.1, -0.05) is 0 Å². The van der Waals surface area contributed by atoms with Crippen molar-refractivity contribution in [1.82, 2.24) is 0 Å². The van der Waals surface area contributed by atoms with E-state index in [1.54, 1.807) is 0 Å². The molecule has 91 valence electrons. The Morgan fingerprint density at radius 3 is 2.50 bits per heavy atom. The van der Waals surface area contributed by atoms with Crippen LogP contribution in [-0.2, 0) is 19.5 Å². The average Bonchev–Trinajstić information content (AvgIpc) is 2.30. The van der Waals surface area contributed by atoms with E-state index in [-0.39, 0.29) is 11.2 Å². The van der Waals surface area contributed by atoms with Crippen LogP contribution in [0.5, 0.6) is 0 Å². The van der Waals surface area contributed by atoms with E-state index in [2.05, 4.69) is 31.2 Å². The Morgan fingerprint density at radius 1 is 1.38 bits per heavy atom. The molecule has 0 bridgehead atoms. The van der Waals surface area contributed by atoms with Gasteiger partial charge in [-0.3, -0.25) is 0 Å². The number of rotatable bonds is 6. The van der Waals surface area contributed by atoms with Crippen LogP contribution in [0.1, 0.15) is 30.7 Å². The average molecular weight is 284 g/mol. The summed E-state index contributed by atoms with van der Waals surface area (Å²) < 4.78 is 0. The SMILES string of the molecule is CC[CH]([Co][CH2]C(C)C(=O)Cl)c1ccccc1. The summed E-state index contributed by atoms with van der Waals surface area (Å²) in [6.45, 7) is 4.07. The standard InChI is InChI=1S/C9H11.C4H6ClO.Co/c1-2-6-9-7-4-3-5-8-9;1-3(2)4(5)6;/h3-8H,2H2,1H3;3H,1H2,2H3;. The van der Waals surface area contributed by atoms with Crippen LogP contribution in [0.4, 0.5) is 0 Å². The topological polar surface area (TPSA) is 17.1 Å². The predicted octanol–water partition coefficient (Wildman–Crippen LogP) is 4.04. The molecule has 0 N–H and O–H groups in total. The quantitative estimate of drug-likeness (QED) is 0.720. The Bertz CT molecular complexity index is 326. The predicted molar refractivity (Wildman–Crippen MR) is 64.3 cm³/mol. The van der Waals surface area contributed by atoms with E-state index >= 15 is 0 Å². The number of hydrogen-bond acceptors (Lipinski definition) is 1. The van der Waals surface area contributed by atoms with Gasteiger partial charge in [-0.05, 0) is 0 Å². The van der Waals surface area contributed by atoms with Crippen LogP contribution in [0.25, 0.3) is 0 Å². The van der Waals surface area contributed by atoms with Crippen LogP contribution >= 0.6 is 11.6 Å². The van der Waals surface area contributed by atoms with Crippen LogP contribution in [0.2, 0.25) is 5.36 Å². The molecule has 0 saturated carbocycles. The van der Waals surface area contributed by atoms with Crippen LogP contribution in [0, 0.1) is 5.92 Å². The molecule has 1 aromatic rings. The molecule has 1 nitrogen and oxygen atoms in total. The van der Waals surface area contributed by atoms with E-state index in [9.17, 15) is 4.79 Å². The fraction of sp³-hybridized carbons (Fsp3) is 0.462. The molecule has 1 rings (SSSR count). The number of carbonyl (C=O) groups excluding carboxylic acids is 1. The molecular formula is C13H17ClCoO. The first-order valence-electron chi connectivity index (χ1n) is 5.41. The van der Waals surface area contributed by atoms with Gasteiger partial charge in [-0.2, -0.15) is 0 Å².